The zero-order valence-corrected chi connectivity index (χ0v) is 28.6. The summed E-state index contributed by atoms with van der Waals surface area (Å²) in [4.78, 5) is 22.3. The maximum Gasteiger partial charge on any atom is 0.337 e. The van der Waals surface area contributed by atoms with Crippen molar-refractivity contribution < 1.29 is 23.8 Å². The standard InChI is InChI=1S/C37H50FN5O4/c1-8-10-11-26-21-28(38)13-12-27(26)23-42(30-14-15-30)24-29-22-31-39-25(3)32(33(35(44)45)47-36(4,5)6)34(43(31)40-29)41-18-16-37(7,17-19-41)46-20-9-2/h8-9,12-13,21-22,30,33H,1-2,10-11,14-20,23-24H2,3-7H3,(H,44,45). The third-order valence-electron chi connectivity index (χ3n) is 9.07. The van der Waals surface area contributed by atoms with Gasteiger partial charge in [-0.15, -0.1) is 13.2 Å². The maximum absolute atomic E-state index is 14.2. The first kappa shape index (κ1) is 34.7. The highest BCUT2D eigenvalue weighted by Gasteiger charge is 2.38. The Morgan fingerprint density at radius 2 is 1.89 bits per heavy atom. The molecular formula is C37H50FN5O4. The second-order valence-electron chi connectivity index (χ2n) is 14.2. The number of aliphatic carboxylic acids is 1. The average Bonchev–Trinajstić information content (AvgIpc) is 3.78. The van der Waals surface area contributed by atoms with Crippen LogP contribution >= 0.6 is 0 Å². The largest absolute Gasteiger partial charge is 0.479 e. The van der Waals surface area contributed by atoms with E-state index in [0.717, 1.165) is 55.3 Å². The predicted molar refractivity (Wildman–Crippen MR) is 182 cm³/mol. The van der Waals surface area contributed by atoms with Gasteiger partial charge in [-0.2, -0.15) is 9.61 Å². The van der Waals surface area contributed by atoms with Crippen LogP contribution < -0.4 is 4.90 Å². The SMILES string of the molecule is C=CCCc1cc(F)ccc1CN(Cc1cc2nc(C)c(C(OC(C)(C)C)C(=O)O)c(N3CCC(C)(OCC=C)CC3)n2n1)C1CC1. The molecule has 9 nitrogen and oxygen atoms in total. The fraction of sp³-hybridized carbons (Fsp3) is 0.541. The number of carboxylic acid groups (broad SMARTS) is 1. The Labute approximate surface area is 278 Å². The Bertz CT molecular complexity index is 1600. The molecule has 1 saturated carbocycles. The zero-order chi connectivity index (χ0) is 33.9. The molecule has 3 aromatic rings. The molecule has 1 aliphatic carbocycles. The highest BCUT2D eigenvalue weighted by atomic mass is 19.1. The van der Waals surface area contributed by atoms with Crippen LogP contribution in [0, 0.1) is 12.7 Å². The van der Waals surface area contributed by atoms with Crippen LogP contribution in [0.5, 0.6) is 0 Å². The summed E-state index contributed by atoms with van der Waals surface area (Å²) in [6.45, 7) is 20.2. The molecule has 0 spiro atoms. The van der Waals surface area contributed by atoms with Gasteiger partial charge in [-0.1, -0.05) is 18.2 Å². The lowest BCUT2D eigenvalue weighted by Gasteiger charge is -2.41. The van der Waals surface area contributed by atoms with Gasteiger partial charge in [-0.05, 0) is 96.4 Å². The lowest BCUT2D eigenvalue weighted by molar-refractivity contribution is -0.160. The molecular weight excluding hydrogens is 597 g/mol. The zero-order valence-electron chi connectivity index (χ0n) is 28.6. The molecule has 254 valence electrons. The van der Waals surface area contributed by atoms with Crippen molar-refractivity contribution in [2.45, 2.75) is 110 Å². The minimum Gasteiger partial charge on any atom is -0.479 e. The van der Waals surface area contributed by atoms with E-state index in [4.69, 9.17) is 19.6 Å². The molecule has 2 aliphatic rings. The summed E-state index contributed by atoms with van der Waals surface area (Å²) >= 11 is 0. The number of hydrogen-bond acceptors (Lipinski definition) is 7. The lowest BCUT2D eigenvalue weighted by Crippen LogP contribution is -2.45. The van der Waals surface area contributed by atoms with Gasteiger partial charge in [0, 0.05) is 44.0 Å². The molecule has 0 bridgehead atoms. The van der Waals surface area contributed by atoms with Gasteiger partial charge in [0.05, 0.1) is 29.1 Å². The van der Waals surface area contributed by atoms with Crippen molar-refractivity contribution in [3.05, 3.63) is 83.5 Å². The number of aromatic nitrogens is 3. The first-order valence-corrected chi connectivity index (χ1v) is 16.7. The lowest BCUT2D eigenvalue weighted by atomic mass is 9.92. The second-order valence-corrected chi connectivity index (χ2v) is 14.2. The second kappa shape index (κ2) is 14.3. The number of allylic oxidation sites excluding steroid dienone is 1. The van der Waals surface area contributed by atoms with Gasteiger partial charge in [0.2, 0.25) is 0 Å². The number of aryl methyl sites for hydroxylation is 2. The Morgan fingerprint density at radius 1 is 1.17 bits per heavy atom. The van der Waals surface area contributed by atoms with Crippen molar-refractivity contribution in [3.63, 3.8) is 0 Å². The van der Waals surface area contributed by atoms with Crippen LogP contribution in [0.4, 0.5) is 10.2 Å². The average molecular weight is 648 g/mol. The molecule has 1 aliphatic heterocycles. The molecule has 5 rings (SSSR count). The number of nitrogens with zero attached hydrogens (tertiary/aromatic N) is 5. The first-order chi connectivity index (χ1) is 22.3. The van der Waals surface area contributed by atoms with E-state index in [-0.39, 0.29) is 11.4 Å². The molecule has 2 aromatic heterocycles. The van der Waals surface area contributed by atoms with E-state index in [1.807, 2.05) is 50.4 Å². The van der Waals surface area contributed by atoms with Crippen LogP contribution in [0.1, 0.15) is 94.0 Å². The number of fused-ring (bicyclic) bond motifs is 1. The Kier molecular flexibility index (Phi) is 10.5. The number of rotatable bonds is 15. The van der Waals surface area contributed by atoms with Crippen LogP contribution in [0.3, 0.4) is 0 Å². The monoisotopic (exact) mass is 647 g/mol. The molecule has 2 fully saturated rings. The van der Waals surface area contributed by atoms with E-state index in [1.165, 1.54) is 6.07 Å². The van der Waals surface area contributed by atoms with Crippen LogP contribution in [0.2, 0.25) is 0 Å². The molecule has 1 saturated heterocycles. The molecule has 47 heavy (non-hydrogen) atoms. The molecule has 0 radical (unpaired) electrons. The molecule has 0 amide bonds. The van der Waals surface area contributed by atoms with Crippen molar-refractivity contribution in [1.29, 1.82) is 0 Å². The number of carboxylic acids is 1. The normalized spacial score (nSPS) is 17.3. The van der Waals surface area contributed by atoms with Gasteiger partial charge >= 0.3 is 5.97 Å². The van der Waals surface area contributed by atoms with Crippen LogP contribution in [0.25, 0.3) is 5.65 Å². The number of piperidine rings is 1. The van der Waals surface area contributed by atoms with Gasteiger partial charge in [0.25, 0.3) is 0 Å². The van der Waals surface area contributed by atoms with Crippen molar-refractivity contribution in [3.8, 4) is 0 Å². The van der Waals surface area contributed by atoms with Gasteiger partial charge in [0.1, 0.15) is 11.6 Å². The number of carbonyl (C=O) groups is 1. The van der Waals surface area contributed by atoms with E-state index >= 15 is 0 Å². The molecule has 1 aromatic carbocycles. The van der Waals surface area contributed by atoms with Crippen molar-refractivity contribution >= 4 is 17.4 Å². The van der Waals surface area contributed by atoms with Crippen molar-refractivity contribution in [2.24, 2.45) is 0 Å². The first-order valence-electron chi connectivity index (χ1n) is 16.7. The molecule has 10 heteroatoms. The van der Waals surface area contributed by atoms with Gasteiger partial charge in [0.15, 0.2) is 11.8 Å². The summed E-state index contributed by atoms with van der Waals surface area (Å²) < 4.78 is 28.3. The van der Waals surface area contributed by atoms with Crippen LogP contribution in [-0.4, -0.2) is 67.5 Å². The molecule has 3 heterocycles. The predicted octanol–water partition coefficient (Wildman–Crippen LogP) is 6.96. The quantitative estimate of drug-likeness (QED) is 0.177. The molecule has 1 N–H and O–H groups in total. The molecule has 1 atom stereocenters. The number of anilines is 1. The number of halogens is 1. The summed E-state index contributed by atoms with van der Waals surface area (Å²) in [6, 6.07) is 7.49. The smallest absolute Gasteiger partial charge is 0.337 e. The van der Waals surface area contributed by atoms with E-state index in [1.54, 1.807) is 12.1 Å². The van der Waals surface area contributed by atoms with E-state index in [9.17, 15) is 14.3 Å². The van der Waals surface area contributed by atoms with Crippen molar-refractivity contribution in [2.75, 3.05) is 24.6 Å². The van der Waals surface area contributed by atoms with Crippen LogP contribution in [-0.2, 0) is 33.8 Å². The Hall–Kier alpha value is -3.60. The van der Waals surface area contributed by atoms with Gasteiger partial charge < -0.3 is 19.5 Å². The fourth-order valence-corrected chi connectivity index (χ4v) is 6.45. The minimum atomic E-state index is -1.23. The molecule has 1 unspecified atom stereocenters. The van der Waals surface area contributed by atoms with E-state index in [2.05, 4.69) is 29.9 Å². The highest BCUT2D eigenvalue weighted by Crippen LogP contribution is 2.38. The van der Waals surface area contributed by atoms with E-state index in [0.29, 0.717) is 61.6 Å². The number of benzene rings is 1. The van der Waals surface area contributed by atoms with E-state index < -0.39 is 17.7 Å². The van der Waals surface area contributed by atoms with Crippen molar-refractivity contribution in [1.82, 2.24) is 19.5 Å². The topological polar surface area (TPSA) is 92.4 Å². The summed E-state index contributed by atoms with van der Waals surface area (Å²) in [5, 5.41) is 15.5. The summed E-state index contributed by atoms with van der Waals surface area (Å²) in [6.07, 6.45) is 7.66. The van der Waals surface area contributed by atoms with Gasteiger partial charge in [-0.3, -0.25) is 4.90 Å². The Balaban J connectivity index is 1.53. The minimum absolute atomic E-state index is 0.226. The third-order valence-corrected chi connectivity index (χ3v) is 9.07. The van der Waals surface area contributed by atoms with Gasteiger partial charge in [-0.25, -0.2) is 14.2 Å². The van der Waals surface area contributed by atoms with Crippen LogP contribution in [0.15, 0.2) is 49.6 Å². The number of hydrogen-bond donors (Lipinski definition) is 1. The number of ether oxygens (including phenoxy) is 2. The maximum atomic E-state index is 14.2. The summed E-state index contributed by atoms with van der Waals surface area (Å²) in [7, 11) is 0. The summed E-state index contributed by atoms with van der Waals surface area (Å²) in [5.74, 6) is -0.596. The fourth-order valence-electron chi connectivity index (χ4n) is 6.45. The highest BCUT2D eigenvalue weighted by molar-refractivity contribution is 5.78. The third kappa shape index (κ3) is 8.47. The summed E-state index contributed by atoms with van der Waals surface area (Å²) in [5.41, 5.74) is 3.73. The Morgan fingerprint density at radius 3 is 2.51 bits per heavy atom.